The van der Waals surface area contributed by atoms with E-state index in [1.807, 2.05) is 0 Å². The minimum atomic E-state index is -1.20. The van der Waals surface area contributed by atoms with Crippen molar-refractivity contribution in [2.75, 3.05) is 5.88 Å². The average molecular weight is 189 g/mol. The lowest BCUT2D eigenvalue weighted by atomic mass is 10.2. The van der Waals surface area contributed by atoms with Crippen molar-refractivity contribution in [3.63, 3.8) is 0 Å². The van der Waals surface area contributed by atoms with Gasteiger partial charge in [0.2, 0.25) is 5.76 Å². The van der Waals surface area contributed by atoms with Gasteiger partial charge in [-0.2, -0.15) is 0 Å². The zero-order valence-electron chi connectivity index (χ0n) is 5.91. The van der Waals surface area contributed by atoms with Crippen molar-refractivity contribution in [3.8, 4) is 0 Å². The van der Waals surface area contributed by atoms with Crippen molar-refractivity contribution in [2.24, 2.45) is 0 Å². The molecular formula is C7H5ClO4. The van der Waals surface area contributed by atoms with E-state index in [-0.39, 0.29) is 23.0 Å². The lowest BCUT2D eigenvalue weighted by molar-refractivity contribution is 0.0662. The highest BCUT2D eigenvalue weighted by Gasteiger charge is 2.12. The number of carboxylic acid groups (broad SMARTS) is 1. The molecule has 0 saturated carbocycles. The maximum Gasteiger partial charge on any atom is 0.371 e. The van der Waals surface area contributed by atoms with E-state index in [1.54, 1.807) is 0 Å². The molecule has 1 rings (SSSR count). The minimum absolute atomic E-state index is 0.182. The summed E-state index contributed by atoms with van der Waals surface area (Å²) in [6.07, 6.45) is 1.08. The van der Waals surface area contributed by atoms with E-state index in [9.17, 15) is 9.59 Å². The number of furan rings is 1. The van der Waals surface area contributed by atoms with Crippen LogP contribution in [0.15, 0.2) is 16.7 Å². The van der Waals surface area contributed by atoms with Crippen LogP contribution >= 0.6 is 11.6 Å². The third-order valence-electron chi connectivity index (χ3n) is 1.25. The smallest absolute Gasteiger partial charge is 0.371 e. The molecule has 1 N–H and O–H groups in total. The number of Topliss-reactive ketones (excluding diaryl/α,β-unsaturated/α-hetero) is 1. The topological polar surface area (TPSA) is 67.5 Å². The Bertz CT molecular complexity index is 315. The van der Waals surface area contributed by atoms with Gasteiger partial charge in [-0.3, -0.25) is 4.79 Å². The van der Waals surface area contributed by atoms with Gasteiger partial charge in [0.25, 0.3) is 0 Å². The van der Waals surface area contributed by atoms with Gasteiger partial charge in [0.05, 0.1) is 11.4 Å². The molecule has 0 fully saturated rings. The number of rotatable bonds is 3. The molecule has 0 aliphatic heterocycles. The van der Waals surface area contributed by atoms with Gasteiger partial charge in [-0.25, -0.2) is 4.79 Å². The lowest BCUT2D eigenvalue weighted by Gasteiger charge is -1.84. The van der Waals surface area contributed by atoms with Crippen LogP contribution < -0.4 is 0 Å². The van der Waals surface area contributed by atoms with Crippen LogP contribution in [-0.4, -0.2) is 22.7 Å². The molecule has 1 aromatic rings. The SMILES string of the molecule is O=C(CCl)c1coc(C(=O)O)c1. The monoisotopic (exact) mass is 188 g/mol. The largest absolute Gasteiger partial charge is 0.475 e. The summed E-state index contributed by atoms with van der Waals surface area (Å²) in [5, 5.41) is 8.41. The summed E-state index contributed by atoms with van der Waals surface area (Å²) in [7, 11) is 0. The Hall–Kier alpha value is -1.29. The maximum atomic E-state index is 10.9. The molecule has 0 amide bonds. The Kier molecular flexibility index (Phi) is 2.50. The molecule has 0 bridgehead atoms. The Morgan fingerprint density at radius 2 is 2.25 bits per heavy atom. The normalized spacial score (nSPS) is 9.75. The van der Waals surface area contributed by atoms with Crippen LogP contribution in [0, 0.1) is 0 Å². The number of hydrogen-bond donors (Lipinski definition) is 1. The highest BCUT2D eigenvalue weighted by molar-refractivity contribution is 6.30. The summed E-state index contributed by atoms with van der Waals surface area (Å²) in [4.78, 5) is 21.2. The summed E-state index contributed by atoms with van der Waals surface area (Å²) < 4.78 is 4.57. The Labute approximate surface area is 72.7 Å². The third-order valence-corrected chi connectivity index (χ3v) is 1.50. The van der Waals surface area contributed by atoms with E-state index in [4.69, 9.17) is 16.7 Å². The number of aromatic carboxylic acids is 1. The third kappa shape index (κ3) is 1.65. The highest BCUT2D eigenvalue weighted by Crippen LogP contribution is 2.08. The van der Waals surface area contributed by atoms with E-state index in [1.165, 1.54) is 0 Å². The highest BCUT2D eigenvalue weighted by atomic mass is 35.5. The standard InChI is InChI=1S/C7H5ClO4/c8-2-5(9)4-1-6(7(10)11)12-3-4/h1,3H,2H2,(H,10,11). The molecule has 1 heterocycles. The number of halogens is 1. The molecule has 5 heteroatoms. The maximum absolute atomic E-state index is 10.9. The fraction of sp³-hybridized carbons (Fsp3) is 0.143. The van der Waals surface area contributed by atoms with Crippen LogP contribution in [0.1, 0.15) is 20.9 Å². The minimum Gasteiger partial charge on any atom is -0.475 e. The van der Waals surface area contributed by atoms with Crippen LogP contribution in [0.4, 0.5) is 0 Å². The van der Waals surface area contributed by atoms with Gasteiger partial charge in [0.15, 0.2) is 5.78 Å². The summed E-state index contributed by atoms with van der Waals surface area (Å²) in [6, 6.07) is 1.15. The van der Waals surface area contributed by atoms with Crippen molar-refractivity contribution in [1.82, 2.24) is 0 Å². The Balaban J connectivity index is 2.91. The number of carbonyl (C=O) groups excluding carboxylic acids is 1. The zero-order valence-corrected chi connectivity index (χ0v) is 6.67. The van der Waals surface area contributed by atoms with E-state index in [2.05, 4.69) is 4.42 Å². The second-order valence-corrected chi connectivity index (χ2v) is 2.33. The second-order valence-electron chi connectivity index (χ2n) is 2.06. The van der Waals surface area contributed by atoms with Gasteiger partial charge in [0.1, 0.15) is 6.26 Å². The van der Waals surface area contributed by atoms with Gasteiger partial charge in [0, 0.05) is 6.07 Å². The molecule has 64 valence electrons. The molecule has 0 atom stereocenters. The summed E-state index contributed by atoms with van der Waals surface area (Å²) in [6.45, 7) is 0. The molecule has 0 unspecified atom stereocenters. The summed E-state index contributed by atoms with van der Waals surface area (Å²) in [5.74, 6) is -2.00. The van der Waals surface area contributed by atoms with Crippen molar-refractivity contribution in [2.45, 2.75) is 0 Å². The molecule has 0 aromatic carbocycles. The fourth-order valence-electron chi connectivity index (χ4n) is 0.672. The molecule has 1 aromatic heterocycles. The van der Waals surface area contributed by atoms with Crippen LogP contribution in [0.25, 0.3) is 0 Å². The summed E-state index contributed by atoms with van der Waals surface area (Å²) in [5.41, 5.74) is 0.183. The van der Waals surface area contributed by atoms with Gasteiger partial charge in [-0.05, 0) is 0 Å². The number of carboxylic acids is 1. The first-order valence-corrected chi connectivity index (χ1v) is 3.59. The predicted octanol–water partition coefficient (Wildman–Crippen LogP) is 1.40. The molecular weight excluding hydrogens is 184 g/mol. The van der Waals surface area contributed by atoms with E-state index in [0.717, 1.165) is 12.3 Å². The first kappa shape index (κ1) is 8.80. The van der Waals surface area contributed by atoms with Crippen LogP contribution in [-0.2, 0) is 0 Å². The predicted molar refractivity (Wildman–Crippen MR) is 40.7 cm³/mol. The van der Waals surface area contributed by atoms with Crippen LogP contribution in [0.3, 0.4) is 0 Å². The van der Waals surface area contributed by atoms with Crippen LogP contribution in [0.5, 0.6) is 0 Å². The Morgan fingerprint density at radius 3 is 2.67 bits per heavy atom. The molecule has 0 aliphatic rings. The van der Waals surface area contributed by atoms with Crippen molar-refractivity contribution < 1.29 is 19.1 Å². The number of hydrogen-bond acceptors (Lipinski definition) is 3. The zero-order chi connectivity index (χ0) is 9.14. The molecule has 12 heavy (non-hydrogen) atoms. The Morgan fingerprint density at radius 1 is 1.58 bits per heavy atom. The van der Waals surface area contributed by atoms with Gasteiger partial charge in [-0.15, -0.1) is 11.6 Å². The first-order valence-electron chi connectivity index (χ1n) is 3.06. The van der Waals surface area contributed by atoms with Gasteiger partial charge in [-0.1, -0.05) is 0 Å². The molecule has 0 aliphatic carbocycles. The van der Waals surface area contributed by atoms with E-state index in [0.29, 0.717) is 0 Å². The number of alkyl halides is 1. The van der Waals surface area contributed by atoms with Crippen molar-refractivity contribution in [1.29, 1.82) is 0 Å². The molecule has 0 saturated heterocycles. The van der Waals surface area contributed by atoms with Crippen molar-refractivity contribution >= 4 is 23.4 Å². The second kappa shape index (κ2) is 3.40. The quantitative estimate of drug-likeness (QED) is 0.575. The molecule has 0 radical (unpaired) electrons. The fourth-order valence-corrected chi connectivity index (χ4v) is 0.826. The van der Waals surface area contributed by atoms with Crippen molar-refractivity contribution in [3.05, 3.63) is 23.7 Å². The average Bonchev–Trinajstić information content (AvgIpc) is 2.51. The summed E-state index contributed by atoms with van der Waals surface area (Å²) >= 11 is 5.24. The molecule has 4 nitrogen and oxygen atoms in total. The number of ketones is 1. The first-order chi connectivity index (χ1) is 5.65. The van der Waals surface area contributed by atoms with Gasteiger partial charge < -0.3 is 9.52 Å². The number of carbonyl (C=O) groups is 2. The van der Waals surface area contributed by atoms with Gasteiger partial charge >= 0.3 is 5.97 Å². The molecule has 0 spiro atoms. The van der Waals surface area contributed by atoms with Crippen LogP contribution in [0.2, 0.25) is 0 Å². The lowest BCUT2D eigenvalue weighted by Crippen LogP contribution is -1.98. The van der Waals surface area contributed by atoms with E-state index >= 15 is 0 Å². The van der Waals surface area contributed by atoms with E-state index < -0.39 is 5.97 Å².